The molecule has 1 aromatic carbocycles. The highest BCUT2D eigenvalue weighted by Crippen LogP contribution is 2.14. The van der Waals surface area contributed by atoms with Crippen molar-refractivity contribution < 1.29 is 4.42 Å². The van der Waals surface area contributed by atoms with Gasteiger partial charge >= 0.3 is 5.76 Å². The number of nitrogens with zero attached hydrogens (tertiary/aromatic N) is 1. The molecule has 0 spiro atoms. The minimum Gasteiger partial charge on any atom is -0.408 e. The predicted molar refractivity (Wildman–Crippen MR) is 67.1 cm³/mol. The summed E-state index contributed by atoms with van der Waals surface area (Å²) in [5, 5.41) is 6.27. The van der Waals surface area contributed by atoms with Crippen molar-refractivity contribution in [1.29, 1.82) is 0 Å². The molecule has 0 fully saturated rings. The standard InChI is InChI=1S/C12H17N3O2/c1-13-8-14-6-5-9-3-4-11-10(7-9)15(2)12(16)17-11/h3-4,7,13-14H,5-6,8H2,1-2H3. The minimum atomic E-state index is -0.314. The molecule has 0 saturated carbocycles. The van der Waals surface area contributed by atoms with Gasteiger partial charge in [-0.3, -0.25) is 4.57 Å². The molecular formula is C12H17N3O2. The Morgan fingerprint density at radius 2 is 2.24 bits per heavy atom. The zero-order valence-electron chi connectivity index (χ0n) is 10.1. The monoisotopic (exact) mass is 235 g/mol. The molecule has 1 heterocycles. The molecular weight excluding hydrogens is 218 g/mol. The molecule has 5 nitrogen and oxygen atoms in total. The lowest BCUT2D eigenvalue weighted by atomic mass is 10.1. The third kappa shape index (κ3) is 2.57. The van der Waals surface area contributed by atoms with Gasteiger partial charge in [0.15, 0.2) is 5.58 Å². The SMILES string of the molecule is CNCNCCc1ccc2oc(=O)n(C)c2c1. The Bertz CT molecular complexity index is 556. The first-order valence-corrected chi connectivity index (χ1v) is 5.66. The number of aromatic nitrogens is 1. The first-order valence-electron chi connectivity index (χ1n) is 5.66. The first kappa shape index (κ1) is 11.9. The van der Waals surface area contributed by atoms with E-state index in [9.17, 15) is 4.79 Å². The highest BCUT2D eigenvalue weighted by molar-refractivity contribution is 5.73. The Morgan fingerprint density at radius 1 is 1.41 bits per heavy atom. The smallest absolute Gasteiger partial charge is 0.408 e. The minimum absolute atomic E-state index is 0.314. The van der Waals surface area contributed by atoms with Crippen LogP contribution in [-0.2, 0) is 13.5 Å². The maximum atomic E-state index is 11.3. The second-order valence-electron chi connectivity index (χ2n) is 4.01. The molecule has 2 N–H and O–H groups in total. The van der Waals surface area contributed by atoms with Gasteiger partial charge in [0.05, 0.1) is 5.52 Å². The predicted octanol–water partition coefficient (Wildman–Crippen LogP) is 0.440. The molecule has 2 aromatic rings. The largest absolute Gasteiger partial charge is 0.419 e. The van der Waals surface area contributed by atoms with Crippen LogP contribution in [0.15, 0.2) is 27.4 Å². The molecule has 0 unspecified atom stereocenters. The summed E-state index contributed by atoms with van der Waals surface area (Å²) < 4.78 is 6.61. The molecule has 0 aliphatic heterocycles. The van der Waals surface area contributed by atoms with Crippen molar-refractivity contribution in [2.45, 2.75) is 6.42 Å². The second kappa shape index (κ2) is 5.16. The van der Waals surface area contributed by atoms with Gasteiger partial charge in [0.2, 0.25) is 0 Å². The van der Waals surface area contributed by atoms with Crippen LogP contribution in [0.5, 0.6) is 0 Å². The van der Waals surface area contributed by atoms with E-state index in [1.807, 2.05) is 25.2 Å². The molecule has 0 amide bonds. The number of aryl methyl sites for hydroxylation is 1. The van der Waals surface area contributed by atoms with E-state index in [4.69, 9.17) is 4.42 Å². The summed E-state index contributed by atoms with van der Waals surface area (Å²) >= 11 is 0. The summed E-state index contributed by atoms with van der Waals surface area (Å²) in [6, 6.07) is 5.84. The average molecular weight is 235 g/mol. The van der Waals surface area contributed by atoms with Crippen molar-refractivity contribution in [3.63, 3.8) is 0 Å². The summed E-state index contributed by atoms with van der Waals surface area (Å²) in [7, 11) is 3.62. The van der Waals surface area contributed by atoms with Gasteiger partial charge < -0.3 is 15.1 Å². The summed E-state index contributed by atoms with van der Waals surface area (Å²) in [4.78, 5) is 11.3. The molecule has 5 heteroatoms. The molecule has 0 aliphatic carbocycles. The Balaban J connectivity index is 2.14. The Labute approximate surface area is 99.4 Å². The average Bonchev–Trinajstić information content (AvgIpc) is 2.61. The lowest BCUT2D eigenvalue weighted by Crippen LogP contribution is -2.27. The first-order chi connectivity index (χ1) is 8.22. The number of fused-ring (bicyclic) bond motifs is 1. The Kier molecular flexibility index (Phi) is 3.61. The molecule has 0 radical (unpaired) electrons. The molecule has 92 valence electrons. The van der Waals surface area contributed by atoms with Gasteiger partial charge in [0.1, 0.15) is 0 Å². The van der Waals surface area contributed by atoms with Crippen LogP contribution in [0.3, 0.4) is 0 Å². The lowest BCUT2D eigenvalue weighted by Gasteiger charge is -2.04. The van der Waals surface area contributed by atoms with Crippen LogP contribution in [-0.4, -0.2) is 24.8 Å². The van der Waals surface area contributed by atoms with Crippen LogP contribution >= 0.6 is 0 Å². The van der Waals surface area contributed by atoms with Crippen LogP contribution in [0.2, 0.25) is 0 Å². The van der Waals surface area contributed by atoms with Crippen molar-refractivity contribution in [2.75, 3.05) is 20.3 Å². The Hall–Kier alpha value is -1.59. The van der Waals surface area contributed by atoms with Crippen molar-refractivity contribution in [3.8, 4) is 0 Å². The third-order valence-corrected chi connectivity index (χ3v) is 2.75. The van der Waals surface area contributed by atoms with Gasteiger partial charge in [-0.1, -0.05) is 6.07 Å². The van der Waals surface area contributed by atoms with Crippen LogP contribution in [0, 0.1) is 0 Å². The summed E-state index contributed by atoms with van der Waals surface area (Å²) in [5.41, 5.74) is 2.68. The molecule has 0 atom stereocenters. The van der Waals surface area contributed by atoms with Crippen LogP contribution < -0.4 is 16.4 Å². The number of hydrogen-bond donors (Lipinski definition) is 2. The lowest BCUT2D eigenvalue weighted by molar-refractivity contribution is 0.528. The molecule has 17 heavy (non-hydrogen) atoms. The van der Waals surface area contributed by atoms with Gasteiger partial charge in [-0.05, 0) is 31.2 Å². The quantitative estimate of drug-likeness (QED) is 0.583. The van der Waals surface area contributed by atoms with E-state index in [2.05, 4.69) is 10.6 Å². The van der Waals surface area contributed by atoms with E-state index in [0.29, 0.717) is 5.58 Å². The van der Waals surface area contributed by atoms with Crippen molar-refractivity contribution in [3.05, 3.63) is 34.3 Å². The number of oxazole rings is 1. The van der Waals surface area contributed by atoms with Crippen LogP contribution in [0.1, 0.15) is 5.56 Å². The van der Waals surface area contributed by atoms with Gasteiger partial charge in [0.25, 0.3) is 0 Å². The fourth-order valence-electron chi connectivity index (χ4n) is 1.77. The highest BCUT2D eigenvalue weighted by atomic mass is 16.4. The highest BCUT2D eigenvalue weighted by Gasteiger charge is 2.05. The maximum absolute atomic E-state index is 11.3. The number of benzene rings is 1. The Morgan fingerprint density at radius 3 is 3.00 bits per heavy atom. The molecule has 0 saturated heterocycles. The van der Waals surface area contributed by atoms with Gasteiger partial charge in [-0.15, -0.1) is 0 Å². The fraction of sp³-hybridized carbons (Fsp3) is 0.417. The van der Waals surface area contributed by atoms with E-state index in [1.165, 1.54) is 10.1 Å². The summed E-state index contributed by atoms with van der Waals surface area (Å²) in [5.74, 6) is -0.314. The number of rotatable bonds is 5. The zero-order chi connectivity index (χ0) is 12.3. The molecule has 0 aliphatic rings. The summed E-state index contributed by atoms with van der Waals surface area (Å²) in [6.45, 7) is 1.70. The number of hydrogen-bond acceptors (Lipinski definition) is 4. The van der Waals surface area contributed by atoms with Crippen molar-refractivity contribution >= 4 is 11.1 Å². The molecule has 0 bridgehead atoms. The molecule has 1 aromatic heterocycles. The topological polar surface area (TPSA) is 59.2 Å². The fourth-order valence-corrected chi connectivity index (χ4v) is 1.77. The second-order valence-corrected chi connectivity index (χ2v) is 4.01. The van der Waals surface area contributed by atoms with Gasteiger partial charge in [-0.25, -0.2) is 4.79 Å². The van der Waals surface area contributed by atoms with E-state index < -0.39 is 0 Å². The van der Waals surface area contributed by atoms with Crippen molar-refractivity contribution in [1.82, 2.24) is 15.2 Å². The van der Waals surface area contributed by atoms with E-state index in [1.54, 1.807) is 7.05 Å². The zero-order valence-corrected chi connectivity index (χ0v) is 10.1. The summed E-state index contributed by atoms with van der Waals surface area (Å²) in [6.07, 6.45) is 0.928. The maximum Gasteiger partial charge on any atom is 0.419 e. The van der Waals surface area contributed by atoms with Crippen molar-refractivity contribution in [2.24, 2.45) is 7.05 Å². The van der Waals surface area contributed by atoms with Crippen LogP contribution in [0.25, 0.3) is 11.1 Å². The normalized spacial score (nSPS) is 11.2. The van der Waals surface area contributed by atoms with Gasteiger partial charge in [0, 0.05) is 20.3 Å². The van der Waals surface area contributed by atoms with Gasteiger partial charge in [-0.2, -0.15) is 0 Å². The van der Waals surface area contributed by atoms with E-state index in [0.717, 1.165) is 25.2 Å². The van der Waals surface area contributed by atoms with E-state index in [-0.39, 0.29) is 5.76 Å². The third-order valence-electron chi connectivity index (χ3n) is 2.75. The number of nitrogens with one attached hydrogen (secondary N) is 2. The molecule has 2 rings (SSSR count). The van der Waals surface area contributed by atoms with Crippen LogP contribution in [0.4, 0.5) is 0 Å². The van der Waals surface area contributed by atoms with E-state index >= 15 is 0 Å².